The van der Waals surface area contributed by atoms with Gasteiger partial charge in [-0.25, -0.2) is 4.39 Å². The summed E-state index contributed by atoms with van der Waals surface area (Å²) in [5, 5.41) is 11.9. The first-order valence-corrected chi connectivity index (χ1v) is 9.19. The summed E-state index contributed by atoms with van der Waals surface area (Å²) >= 11 is 1.27. The Morgan fingerprint density at radius 1 is 1.04 bits per heavy atom. The van der Waals surface area contributed by atoms with Crippen molar-refractivity contribution in [1.82, 2.24) is 20.2 Å². The molecule has 26 heavy (non-hydrogen) atoms. The Hall–Kier alpha value is -2.54. The van der Waals surface area contributed by atoms with Gasteiger partial charge in [0.05, 0.1) is 10.9 Å². The van der Waals surface area contributed by atoms with Gasteiger partial charge in [-0.15, -0.1) is 5.10 Å². The van der Waals surface area contributed by atoms with Gasteiger partial charge in [-0.05, 0) is 65.2 Å². The van der Waals surface area contributed by atoms with Crippen molar-refractivity contribution in [2.24, 2.45) is 0 Å². The maximum Gasteiger partial charge on any atom is 0.214 e. The molecule has 1 heterocycles. The lowest BCUT2D eigenvalue weighted by Gasteiger charge is -2.11. The van der Waals surface area contributed by atoms with Gasteiger partial charge in [0.2, 0.25) is 5.16 Å². The third-order valence-corrected chi connectivity index (χ3v) is 5.06. The number of hydrogen-bond donors (Lipinski definition) is 0. The van der Waals surface area contributed by atoms with Gasteiger partial charge in [0.15, 0.2) is 5.78 Å². The quantitative estimate of drug-likeness (QED) is 0.478. The Kier molecular flexibility index (Phi) is 5.46. The summed E-state index contributed by atoms with van der Waals surface area (Å²) in [5.41, 5.74) is 2.53. The molecule has 134 valence electrons. The first-order valence-electron chi connectivity index (χ1n) is 8.31. The van der Waals surface area contributed by atoms with Crippen LogP contribution in [-0.4, -0.2) is 31.2 Å². The van der Waals surface area contributed by atoms with E-state index in [1.165, 1.54) is 41.6 Å². The normalized spacial score (nSPS) is 12.3. The molecule has 0 aliphatic heterocycles. The number of aromatic nitrogens is 4. The second-order valence-electron chi connectivity index (χ2n) is 6.25. The number of ketones is 1. The van der Waals surface area contributed by atoms with E-state index in [1.807, 2.05) is 24.3 Å². The van der Waals surface area contributed by atoms with Crippen molar-refractivity contribution in [1.29, 1.82) is 0 Å². The average Bonchev–Trinajstić information content (AvgIpc) is 3.10. The van der Waals surface area contributed by atoms with Crippen LogP contribution >= 0.6 is 11.8 Å². The van der Waals surface area contributed by atoms with Crippen molar-refractivity contribution in [3.05, 3.63) is 65.5 Å². The Balaban J connectivity index is 1.78. The molecule has 2 aromatic carbocycles. The van der Waals surface area contributed by atoms with Gasteiger partial charge in [0.1, 0.15) is 5.82 Å². The van der Waals surface area contributed by atoms with E-state index in [1.54, 1.807) is 11.6 Å². The van der Waals surface area contributed by atoms with E-state index in [2.05, 4.69) is 29.4 Å². The van der Waals surface area contributed by atoms with Crippen LogP contribution < -0.4 is 0 Å². The number of rotatable bonds is 6. The first-order chi connectivity index (χ1) is 12.5. The molecule has 0 N–H and O–H groups in total. The number of Topliss-reactive ketones (excluding diaryl/α,β-unsaturated/α-hetero) is 1. The number of thioether (sulfide) groups is 1. The lowest BCUT2D eigenvalue weighted by Crippen LogP contribution is -2.14. The Morgan fingerprint density at radius 3 is 2.31 bits per heavy atom. The molecule has 0 spiro atoms. The minimum absolute atomic E-state index is 0.0975. The zero-order valence-electron chi connectivity index (χ0n) is 14.8. The summed E-state index contributed by atoms with van der Waals surface area (Å²) in [6.45, 7) is 6.06. The zero-order valence-corrected chi connectivity index (χ0v) is 15.6. The number of benzene rings is 2. The Morgan fingerprint density at radius 2 is 1.69 bits per heavy atom. The van der Waals surface area contributed by atoms with Crippen LogP contribution in [0.5, 0.6) is 0 Å². The van der Waals surface area contributed by atoms with Crippen molar-refractivity contribution < 1.29 is 9.18 Å². The van der Waals surface area contributed by atoms with Gasteiger partial charge in [-0.2, -0.15) is 4.68 Å². The second kappa shape index (κ2) is 7.78. The van der Waals surface area contributed by atoms with Gasteiger partial charge in [0.25, 0.3) is 0 Å². The average molecular weight is 370 g/mol. The molecule has 0 amide bonds. The lowest BCUT2D eigenvalue weighted by molar-refractivity contribution is 0.0994. The molecular weight excluding hydrogens is 351 g/mol. The second-order valence-corrected chi connectivity index (χ2v) is 7.56. The third kappa shape index (κ3) is 3.99. The fourth-order valence-corrected chi connectivity index (χ4v) is 3.36. The minimum Gasteiger partial charge on any atom is -0.293 e. The molecule has 3 aromatic rings. The van der Waals surface area contributed by atoms with Crippen molar-refractivity contribution in [2.45, 2.75) is 37.1 Å². The molecule has 0 fully saturated rings. The van der Waals surface area contributed by atoms with Crippen LogP contribution in [0.4, 0.5) is 4.39 Å². The highest BCUT2D eigenvalue weighted by Crippen LogP contribution is 2.26. The van der Waals surface area contributed by atoms with Gasteiger partial charge in [0, 0.05) is 5.56 Å². The summed E-state index contributed by atoms with van der Waals surface area (Å²) in [6, 6.07) is 13.6. The van der Waals surface area contributed by atoms with Crippen LogP contribution in [0.3, 0.4) is 0 Å². The van der Waals surface area contributed by atoms with E-state index in [9.17, 15) is 9.18 Å². The van der Waals surface area contributed by atoms with Crippen LogP contribution in [0, 0.1) is 5.82 Å². The van der Waals surface area contributed by atoms with Crippen LogP contribution in [-0.2, 0) is 0 Å². The van der Waals surface area contributed by atoms with Crippen LogP contribution in [0.1, 0.15) is 42.6 Å². The number of tetrazole rings is 1. The number of halogens is 1. The van der Waals surface area contributed by atoms with E-state index in [-0.39, 0.29) is 11.6 Å². The smallest absolute Gasteiger partial charge is 0.214 e. The van der Waals surface area contributed by atoms with Crippen molar-refractivity contribution in [3.63, 3.8) is 0 Å². The molecule has 0 aliphatic carbocycles. The monoisotopic (exact) mass is 370 g/mol. The summed E-state index contributed by atoms with van der Waals surface area (Å²) in [7, 11) is 0. The summed E-state index contributed by atoms with van der Waals surface area (Å²) in [5.74, 6) is -0.0181. The Labute approximate surface area is 155 Å². The van der Waals surface area contributed by atoms with Gasteiger partial charge >= 0.3 is 0 Å². The van der Waals surface area contributed by atoms with E-state index in [4.69, 9.17) is 0 Å². The standard InChI is InChI=1S/C19H19FN4OS/c1-12(2)14-6-10-17(11-7-14)24-19(21-22-23-24)26-13(3)18(25)15-4-8-16(20)9-5-15/h4-13H,1-3H3/t13-/m1/s1. The van der Waals surface area contributed by atoms with E-state index >= 15 is 0 Å². The molecule has 0 saturated heterocycles. The molecule has 7 heteroatoms. The molecule has 0 saturated carbocycles. The number of carbonyl (C=O) groups excluding carboxylic acids is 1. The fourth-order valence-electron chi connectivity index (χ4n) is 2.48. The zero-order chi connectivity index (χ0) is 18.7. The molecule has 3 rings (SSSR count). The van der Waals surface area contributed by atoms with Crippen LogP contribution in [0.15, 0.2) is 53.7 Å². The first kappa shape index (κ1) is 18.3. The third-order valence-electron chi connectivity index (χ3n) is 4.03. The topological polar surface area (TPSA) is 60.7 Å². The van der Waals surface area contributed by atoms with Crippen molar-refractivity contribution >= 4 is 17.5 Å². The molecule has 0 aliphatic rings. The predicted octanol–water partition coefficient (Wildman–Crippen LogP) is 4.29. The maximum absolute atomic E-state index is 13.0. The fraction of sp³-hybridized carbons (Fsp3) is 0.263. The highest BCUT2D eigenvalue weighted by atomic mass is 32.2. The lowest BCUT2D eigenvalue weighted by atomic mass is 10.0. The molecule has 1 atom stereocenters. The van der Waals surface area contributed by atoms with Gasteiger partial charge in [-0.3, -0.25) is 4.79 Å². The van der Waals surface area contributed by atoms with Crippen LogP contribution in [0.2, 0.25) is 0 Å². The number of hydrogen-bond acceptors (Lipinski definition) is 5. The highest BCUT2D eigenvalue weighted by molar-refractivity contribution is 8.00. The van der Waals surface area contributed by atoms with E-state index < -0.39 is 5.25 Å². The molecule has 0 bridgehead atoms. The molecule has 1 aromatic heterocycles. The summed E-state index contributed by atoms with van der Waals surface area (Å²) in [4.78, 5) is 12.5. The SMILES string of the molecule is CC(C)c1ccc(-n2nnnc2S[C@H](C)C(=O)c2ccc(F)cc2)cc1. The molecular formula is C19H19FN4OS. The molecule has 0 radical (unpaired) electrons. The highest BCUT2D eigenvalue weighted by Gasteiger charge is 2.20. The van der Waals surface area contributed by atoms with E-state index in [0.29, 0.717) is 16.6 Å². The number of nitrogens with zero attached hydrogens (tertiary/aromatic N) is 4. The van der Waals surface area contributed by atoms with Crippen LogP contribution in [0.25, 0.3) is 5.69 Å². The van der Waals surface area contributed by atoms with Crippen molar-refractivity contribution in [2.75, 3.05) is 0 Å². The van der Waals surface area contributed by atoms with Gasteiger partial charge in [-0.1, -0.05) is 37.7 Å². The maximum atomic E-state index is 13.0. The van der Waals surface area contributed by atoms with E-state index in [0.717, 1.165) is 5.69 Å². The van der Waals surface area contributed by atoms with Gasteiger partial charge < -0.3 is 0 Å². The predicted molar refractivity (Wildman–Crippen MR) is 99.3 cm³/mol. The summed E-state index contributed by atoms with van der Waals surface area (Å²) < 4.78 is 14.6. The minimum atomic E-state index is -0.403. The Bertz CT molecular complexity index is 891. The largest absolute Gasteiger partial charge is 0.293 e. The van der Waals surface area contributed by atoms with Crippen molar-refractivity contribution in [3.8, 4) is 5.69 Å². The number of carbonyl (C=O) groups is 1. The summed E-state index contributed by atoms with van der Waals surface area (Å²) in [6.07, 6.45) is 0. The molecule has 5 nitrogen and oxygen atoms in total. The molecule has 0 unspecified atom stereocenters.